The van der Waals surface area contributed by atoms with E-state index in [0.717, 1.165) is 31.1 Å². The number of nitrogens with one attached hydrogen (secondary N) is 1. The van der Waals surface area contributed by atoms with Crippen LogP contribution in [0.2, 0.25) is 0 Å². The van der Waals surface area contributed by atoms with E-state index in [1.54, 1.807) is 11.3 Å². The van der Waals surface area contributed by atoms with E-state index in [-0.39, 0.29) is 0 Å². The molecule has 0 fully saturated rings. The van der Waals surface area contributed by atoms with Gasteiger partial charge in [-0.1, -0.05) is 6.92 Å². The van der Waals surface area contributed by atoms with Gasteiger partial charge < -0.3 is 11.1 Å². The van der Waals surface area contributed by atoms with E-state index >= 15 is 0 Å². The molecule has 13 heavy (non-hydrogen) atoms. The fourth-order valence-electron chi connectivity index (χ4n) is 1.15. The molecule has 0 bridgehead atoms. The van der Waals surface area contributed by atoms with Crippen LogP contribution in [0.25, 0.3) is 0 Å². The van der Waals surface area contributed by atoms with Gasteiger partial charge in [-0.3, -0.25) is 0 Å². The highest BCUT2D eigenvalue weighted by Crippen LogP contribution is 2.03. The molecule has 1 unspecified atom stereocenters. The molecular formula is C9H17N3S. The zero-order valence-corrected chi connectivity index (χ0v) is 8.81. The molecule has 0 aliphatic heterocycles. The summed E-state index contributed by atoms with van der Waals surface area (Å²) < 4.78 is 0. The minimum atomic E-state index is 0.657. The van der Waals surface area contributed by atoms with Crippen LogP contribution >= 0.6 is 11.3 Å². The number of thiazole rings is 1. The molecule has 1 atom stereocenters. The third-order valence-electron chi connectivity index (χ3n) is 1.91. The fourth-order valence-corrected chi connectivity index (χ4v) is 1.74. The Hall–Kier alpha value is -0.450. The third-order valence-corrected chi connectivity index (χ3v) is 2.69. The Morgan fingerprint density at radius 1 is 1.69 bits per heavy atom. The average Bonchev–Trinajstić information content (AvgIpc) is 2.57. The number of aromatic nitrogens is 1. The molecule has 1 aromatic rings. The minimum Gasteiger partial charge on any atom is -0.330 e. The standard InChI is InChI=1S/C9H17N3S/c1-8(2-3-10)6-11-7-9-12-4-5-13-9/h4-5,8,11H,2-3,6-7,10H2,1H3. The van der Waals surface area contributed by atoms with Crippen LogP contribution in [-0.4, -0.2) is 18.1 Å². The molecule has 0 aliphatic carbocycles. The van der Waals surface area contributed by atoms with E-state index < -0.39 is 0 Å². The first-order valence-corrected chi connectivity index (χ1v) is 5.50. The second-order valence-corrected chi connectivity index (χ2v) is 4.22. The topological polar surface area (TPSA) is 50.9 Å². The Kier molecular flexibility index (Phi) is 4.97. The summed E-state index contributed by atoms with van der Waals surface area (Å²) in [6, 6.07) is 0. The summed E-state index contributed by atoms with van der Waals surface area (Å²) >= 11 is 1.69. The summed E-state index contributed by atoms with van der Waals surface area (Å²) in [4.78, 5) is 4.19. The average molecular weight is 199 g/mol. The lowest BCUT2D eigenvalue weighted by molar-refractivity contribution is 0.486. The van der Waals surface area contributed by atoms with E-state index in [0.29, 0.717) is 5.92 Å². The Morgan fingerprint density at radius 3 is 3.15 bits per heavy atom. The van der Waals surface area contributed by atoms with Gasteiger partial charge in [-0.2, -0.15) is 0 Å². The summed E-state index contributed by atoms with van der Waals surface area (Å²) in [5.41, 5.74) is 5.46. The van der Waals surface area contributed by atoms with Crippen LogP contribution in [0.15, 0.2) is 11.6 Å². The van der Waals surface area contributed by atoms with Crippen molar-refractivity contribution in [3.8, 4) is 0 Å². The first-order chi connectivity index (χ1) is 6.33. The van der Waals surface area contributed by atoms with Gasteiger partial charge in [0.25, 0.3) is 0 Å². The van der Waals surface area contributed by atoms with Gasteiger partial charge in [-0.25, -0.2) is 4.98 Å². The van der Waals surface area contributed by atoms with Crippen molar-refractivity contribution >= 4 is 11.3 Å². The molecular weight excluding hydrogens is 182 g/mol. The van der Waals surface area contributed by atoms with Crippen molar-refractivity contribution in [1.29, 1.82) is 0 Å². The molecule has 1 aromatic heterocycles. The molecule has 0 aliphatic rings. The monoisotopic (exact) mass is 199 g/mol. The van der Waals surface area contributed by atoms with Crippen molar-refractivity contribution in [3.63, 3.8) is 0 Å². The molecule has 1 heterocycles. The molecule has 0 radical (unpaired) electrons. The van der Waals surface area contributed by atoms with Crippen molar-refractivity contribution < 1.29 is 0 Å². The van der Waals surface area contributed by atoms with Gasteiger partial charge in [0.05, 0.1) is 0 Å². The van der Waals surface area contributed by atoms with Gasteiger partial charge in [0.15, 0.2) is 0 Å². The lowest BCUT2D eigenvalue weighted by Crippen LogP contribution is -2.22. The predicted molar refractivity (Wildman–Crippen MR) is 56.7 cm³/mol. The number of rotatable bonds is 6. The molecule has 0 saturated carbocycles. The molecule has 0 amide bonds. The molecule has 0 saturated heterocycles. The van der Waals surface area contributed by atoms with Gasteiger partial charge in [-0.05, 0) is 25.4 Å². The summed E-state index contributed by atoms with van der Waals surface area (Å²) in [6.07, 6.45) is 2.93. The summed E-state index contributed by atoms with van der Waals surface area (Å²) in [5.74, 6) is 0.657. The molecule has 1 rings (SSSR count). The first kappa shape index (κ1) is 10.6. The largest absolute Gasteiger partial charge is 0.330 e. The second kappa shape index (κ2) is 6.07. The lowest BCUT2D eigenvalue weighted by atomic mass is 10.1. The highest BCUT2D eigenvalue weighted by atomic mass is 32.1. The molecule has 3 N–H and O–H groups in total. The van der Waals surface area contributed by atoms with E-state index in [1.807, 2.05) is 11.6 Å². The van der Waals surface area contributed by atoms with Crippen molar-refractivity contribution in [1.82, 2.24) is 10.3 Å². The molecule has 0 aromatic carbocycles. The van der Waals surface area contributed by atoms with Crippen LogP contribution < -0.4 is 11.1 Å². The Balaban J connectivity index is 2.07. The Labute approximate surface area is 83.4 Å². The van der Waals surface area contributed by atoms with Gasteiger partial charge >= 0.3 is 0 Å². The van der Waals surface area contributed by atoms with Gasteiger partial charge in [-0.15, -0.1) is 11.3 Å². The van der Waals surface area contributed by atoms with Gasteiger partial charge in [0.2, 0.25) is 0 Å². The van der Waals surface area contributed by atoms with Gasteiger partial charge in [0, 0.05) is 18.1 Å². The predicted octanol–water partition coefficient (Wildman–Crippen LogP) is 1.22. The van der Waals surface area contributed by atoms with Crippen molar-refractivity contribution in [2.24, 2.45) is 11.7 Å². The number of hydrogen-bond donors (Lipinski definition) is 2. The highest BCUT2D eigenvalue weighted by molar-refractivity contribution is 7.09. The maximum atomic E-state index is 5.46. The number of nitrogens with zero attached hydrogens (tertiary/aromatic N) is 1. The quantitative estimate of drug-likeness (QED) is 0.724. The summed E-state index contributed by atoms with van der Waals surface area (Å²) in [5, 5.41) is 6.52. The fraction of sp³-hybridized carbons (Fsp3) is 0.667. The summed E-state index contributed by atoms with van der Waals surface area (Å²) in [7, 11) is 0. The zero-order valence-electron chi connectivity index (χ0n) is 7.99. The van der Waals surface area contributed by atoms with E-state index in [1.165, 1.54) is 0 Å². The second-order valence-electron chi connectivity index (χ2n) is 3.24. The molecule has 4 heteroatoms. The van der Waals surface area contributed by atoms with Crippen LogP contribution in [0.4, 0.5) is 0 Å². The van der Waals surface area contributed by atoms with Crippen molar-refractivity contribution in [2.45, 2.75) is 19.9 Å². The third kappa shape index (κ3) is 4.36. The van der Waals surface area contributed by atoms with E-state index in [2.05, 4.69) is 17.2 Å². The van der Waals surface area contributed by atoms with E-state index in [9.17, 15) is 0 Å². The normalized spacial score (nSPS) is 13.1. The lowest BCUT2D eigenvalue weighted by Gasteiger charge is -2.09. The van der Waals surface area contributed by atoms with Crippen molar-refractivity contribution in [3.05, 3.63) is 16.6 Å². The summed E-state index contributed by atoms with van der Waals surface area (Å²) in [6.45, 7) is 4.89. The van der Waals surface area contributed by atoms with Crippen LogP contribution in [0, 0.1) is 5.92 Å². The Bertz CT molecular complexity index is 211. The Morgan fingerprint density at radius 2 is 2.54 bits per heavy atom. The van der Waals surface area contributed by atoms with Gasteiger partial charge in [0.1, 0.15) is 5.01 Å². The maximum absolute atomic E-state index is 5.46. The maximum Gasteiger partial charge on any atom is 0.106 e. The minimum absolute atomic E-state index is 0.657. The number of hydrogen-bond acceptors (Lipinski definition) is 4. The van der Waals surface area contributed by atoms with Crippen LogP contribution in [0.1, 0.15) is 18.4 Å². The SMILES string of the molecule is CC(CCN)CNCc1nccs1. The van der Waals surface area contributed by atoms with E-state index in [4.69, 9.17) is 5.73 Å². The first-order valence-electron chi connectivity index (χ1n) is 4.62. The number of nitrogens with two attached hydrogens (primary N) is 1. The highest BCUT2D eigenvalue weighted by Gasteiger charge is 2.00. The molecule has 0 spiro atoms. The molecule has 74 valence electrons. The smallest absolute Gasteiger partial charge is 0.106 e. The molecule has 3 nitrogen and oxygen atoms in total. The van der Waals surface area contributed by atoms with Crippen LogP contribution in [0.5, 0.6) is 0 Å². The van der Waals surface area contributed by atoms with Crippen LogP contribution in [0.3, 0.4) is 0 Å². The van der Waals surface area contributed by atoms with Crippen molar-refractivity contribution in [2.75, 3.05) is 13.1 Å². The zero-order chi connectivity index (χ0) is 9.52. The van der Waals surface area contributed by atoms with Crippen LogP contribution in [-0.2, 0) is 6.54 Å².